The summed E-state index contributed by atoms with van der Waals surface area (Å²) < 4.78 is 27.9. The van der Waals surface area contributed by atoms with Crippen LogP contribution in [0.5, 0.6) is 0 Å². The molecule has 0 radical (unpaired) electrons. The summed E-state index contributed by atoms with van der Waals surface area (Å²) in [5.41, 5.74) is 2.30. The van der Waals surface area contributed by atoms with E-state index in [9.17, 15) is 8.42 Å². The normalized spacial score (nSPS) is 13.2. The third-order valence-corrected chi connectivity index (χ3v) is 4.88. The first kappa shape index (κ1) is 17.4. The molecule has 0 fully saturated rings. The van der Waals surface area contributed by atoms with Crippen molar-refractivity contribution >= 4 is 31.8 Å². The predicted molar refractivity (Wildman–Crippen MR) is 83.7 cm³/mol. The maximum Gasteiger partial charge on any atom is 0.244 e. The Labute approximate surface area is 128 Å². The van der Waals surface area contributed by atoms with Crippen LogP contribution in [0, 0.1) is 0 Å². The highest BCUT2D eigenvalue weighted by molar-refractivity contribution is 9.10. The molecule has 20 heavy (non-hydrogen) atoms. The van der Waals surface area contributed by atoms with Crippen molar-refractivity contribution in [1.29, 1.82) is 0 Å². The van der Waals surface area contributed by atoms with E-state index in [-0.39, 0.29) is 16.8 Å². The summed E-state index contributed by atoms with van der Waals surface area (Å²) in [6, 6.07) is 1.35. The molecule has 0 aromatic carbocycles. The third-order valence-electron chi connectivity index (χ3n) is 2.84. The lowest BCUT2D eigenvalue weighted by Crippen LogP contribution is -2.33. The minimum Gasteiger partial charge on any atom is -0.307 e. The topological polar surface area (TPSA) is 97.1 Å². The Kier molecular flexibility index (Phi) is 6.87. The maximum absolute atomic E-state index is 12.3. The average Bonchev–Trinajstić information content (AvgIpc) is 2.38. The van der Waals surface area contributed by atoms with Crippen molar-refractivity contribution in [3.8, 4) is 0 Å². The molecule has 0 aliphatic rings. The fourth-order valence-electron chi connectivity index (χ4n) is 1.82. The van der Waals surface area contributed by atoms with E-state index in [1.165, 1.54) is 12.3 Å². The van der Waals surface area contributed by atoms with Crippen molar-refractivity contribution in [2.24, 2.45) is 5.84 Å². The zero-order chi connectivity index (χ0) is 15.2. The number of rotatable bonds is 8. The second kappa shape index (κ2) is 7.92. The number of pyridine rings is 1. The quantitative estimate of drug-likeness (QED) is 0.373. The molecule has 1 aromatic rings. The minimum absolute atomic E-state index is 0.0386. The van der Waals surface area contributed by atoms with Crippen LogP contribution >= 0.6 is 15.9 Å². The molecule has 1 atom stereocenters. The number of nitrogens with one attached hydrogen (secondary N) is 2. The van der Waals surface area contributed by atoms with E-state index in [2.05, 4.69) is 38.0 Å². The Hall–Kier alpha value is -0.700. The first-order chi connectivity index (χ1) is 9.40. The van der Waals surface area contributed by atoms with Crippen LogP contribution in [0.4, 0.5) is 5.82 Å². The van der Waals surface area contributed by atoms with Gasteiger partial charge in [-0.1, -0.05) is 26.2 Å². The van der Waals surface area contributed by atoms with Crippen molar-refractivity contribution in [2.45, 2.75) is 50.5 Å². The van der Waals surface area contributed by atoms with Gasteiger partial charge in [-0.05, 0) is 35.3 Å². The molecular weight excluding hydrogens is 344 g/mol. The van der Waals surface area contributed by atoms with E-state index in [4.69, 9.17) is 5.84 Å². The number of hydrogen-bond acceptors (Lipinski definition) is 5. The van der Waals surface area contributed by atoms with Crippen LogP contribution in [0.2, 0.25) is 0 Å². The van der Waals surface area contributed by atoms with Gasteiger partial charge in [0.15, 0.2) is 5.82 Å². The monoisotopic (exact) mass is 364 g/mol. The van der Waals surface area contributed by atoms with Crippen molar-refractivity contribution in [3.05, 3.63) is 16.7 Å². The molecule has 0 spiro atoms. The Morgan fingerprint density at radius 2 is 2.15 bits per heavy atom. The molecule has 1 aromatic heterocycles. The molecule has 0 saturated heterocycles. The van der Waals surface area contributed by atoms with Gasteiger partial charge in [0.25, 0.3) is 0 Å². The Bertz CT molecular complexity index is 536. The number of anilines is 1. The standard InChI is InChI=1S/C12H21BrN4O2S/c1-3-4-5-6-9(2)17-20(18,19)11-7-10(13)8-15-12(11)16-14/h7-9,17H,3-6,14H2,1-2H3,(H,15,16). The lowest BCUT2D eigenvalue weighted by Gasteiger charge is -2.15. The fraction of sp³-hybridized carbons (Fsp3) is 0.583. The number of hydrogen-bond donors (Lipinski definition) is 3. The summed E-state index contributed by atoms with van der Waals surface area (Å²) in [6.07, 6.45) is 5.49. The Morgan fingerprint density at radius 1 is 1.45 bits per heavy atom. The molecule has 0 aliphatic carbocycles. The number of nitrogens with two attached hydrogens (primary N) is 1. The second-order valence-corrected chi connectivity index (χ2v) is 7.26. The number of nitrogen functional groups attached to an aromatic ring is 1. The molecule has 0 bridgehead atoms. The van der Waals surface area contributed by atoms with Crippen LogP contribution in [0.15, 0.2) is 21.6 Å². The van der Waals surface area contributed by atoms with Gasteiger partial charge in [-0.2, -0.15) is 0 Å². The van der Waals surface area contributed by atoms with E-state index < -0.39 is 10.0 Å². The largest absolute Gasteiger partial charge is 0.307 e. The van der Waals surface area contributed by atoms with Crippen molar-refractivity contribution in [3.63, 3.8) is 0 Å². The summed E-state index contributed by atoms with van der Waals surface area (Å²) in [4.78, 5) is 3.98. The summed E-state index contributed by atoms with van der Waals surface area (Å²) in [5, 5.41) is 0. The molecule has 1 unspecified atom stereocenters. The molecule has 6 nitrogen and oxygen atoms in total. The molecule has 0 aliphatic heterocycles. The van der Waals surface area contributed by atoms with E-state index in [1.54, 1.807) is 0 Å². The smallest absolute Gasteiger partial charge is 0.244 e. The molecule has 114 valence electrons. The minimum atomic E-state index is -3.65. The van der Waals surface area contributed by atoms with Crippen LogP contribution in [-0.4, -0.2) is 19.4 Å². The van der Waals surface area contributed by atoms with Crippen molar-refractivity contribution < 1.29 is 8.42 Å². The number of unbranched alkanes of at least 4 members (excludes halogenated alkanes) is 2. The highest BCUT2D eigenvalue weighted by Gasteiger charge is 2.22. The van der Waals surface area contributed by atoms with Crippen molar-refractivity contribution in [1.82, 2.24) is 9.71 Å². The maximum atomic E-state index is 12.3. The zero-order valence-corrected chi connectivity index (χ0v) is 14.1. The first-order valence-corrected chi connectivity index (χ1v) is 8.82. The van der Waals surface area contributed by atoms with Crippen LogP contribution in [-0.2, 0) is 10.0 Å². The number of hydrazine groups is 1. The van der Waals surface area contributed by atoms with Gasteiger partial charge in [0.05, 0.1) is 0 Å². The van der Waals surface area contributed by atoms with Gasteiger partial charge < -0.3 is 5.43 Å². The van der Waals surface area contributed by atoms with E-state index in [0.717, 1.165) is 25.7 Å². The van der Waals surface area contributed by atoms with E-state index in [0.29, 0.717) is 4.47 Å². The Balaban J connectivity index is 2.85. The van der Waals surface area contributed by atoms with Gasteiger partial charge in [-0.3, -0.25) is 0 Å². The number of aromatic nitrogens is 1. The van der Waals surface area contributed by atoms with Crippen LogP contribution in [0.3, 0.4) is 0 Å². The highest BCUT2D eigenvalue weighted by atomic mass is 79.9. The second-order valence-electron chi connectivity index (χ2n) is 4.66. The van der Waals surface area contributed by atoms with Gasteiger partial charge in [-0.15, -0.1) is 0 Å². The van der Waals surface area contributed by atoms with Crippen LogP contribution in [0.25, 0.3) is 0 Å². The summed E-state index contributed by atoms with van der Waals surface area (Å²) >= 11 is 3.21. The van der Waals surface area contributed by atoms with Gasteiger partial charge in [-0.25, -0.2) is 24.0 Å². The van der Waals surface area contributed by atoms with E-state index in [1.807, 2.05) is 6.92 Å². The number of sulfonamides is 1. The van der Waals surface area contributed by atoms with Gasteiger partial charge in [0.2, 0.25) is 10.0 Å². The molecule has 0 saturated carbocycles. The lowest BCUT2D eigenvalue weighted by molar-refractivity contribution is 0.527. The zero-order valence-electron chi connectivity index (χ0n) is 11.7. The van der Waals surface area contributed by atoms with Gasteiger partial charge in [0.1, 0.15) is 4.90 Å². The predicted octanol–water partition coefficient (Wildman–Crippen LogP) is 2.38. The highest BCUT2D eigenvalue weighted by Crippen LogP contribution is 2.22. The lowest BCUT2D eigenvalue weighted by atomic mass is 10.1. The third kappa shape index (κ3) is 5.01. The molecule has 4 N–H and O–H groups in total. The summed E-state index contributed by atoms with van der Waals surface area (Å²) in [6.45, 7) is 3.97. The van der Waals surface area contributed by atoms with E-state index >= 15 is 0 Å². The fourth-order valence-corrected chi connectivity index (χ4v) is 3.73. The number of halogens is 1. The summed E-state index contributed by atoms with van der Waals surface area (Å²) in [5.74, 6) is 5.43. The SMILES string of the molecule is CCCCCC(C)NS(=O)(=O)c1cc(Br)cnc1NN. The average molecular weight is 365 g/mol. The summed E-state index contributed by atoms with van der Waals surface area (Å²) in [7, 11) is -3.65. The Morgan fingerprint density at radius 3 is 2.75 bits per heavy atom. The molecule has 1 rings (SSSR count). The van der Waals surface area contributed by atoms with Crippen LogP contribution in [0.1, 0.15) is 39.5 Å². The van der Waals surface area contributed by atoms with Gasteiger partial charge >= 0.3 is 0 Å². The number of nitrogens with zero attached hydrogens (tertiary/aromatic N) is 1. The first-order valence-electron chi connectivity index (χ1n) is 6.55. The molecular formula is C12H21BrN4O2S. The van der Waals surface area contributed by atoms with Crippen molar-refractivity contribution in [2.75, 3.05) is 5.43 Å². The molecule has 1 heterocycles. The van der Waals surface area contributed by atoms with Gasteiger partial charge in [0, 0.05) is 16.7 Å². The van der Waals surface area contributed by atoms with Crippen LogP contribution < -0.4 is 16.0 Å². The molecule has 8 heteroatoms. The molecule has 0 amide bonds.